The van der Waals surface area contributed by atoms with Gasteiger partial charge >= 0.3 is 0 Å². The number of anilines is 1. The molecule has 0 saturated carbocycles. The van der Waals surface area contributed by atoms with Crippen molar-refractivity contribution < 1.29 is 14.0 Å². The molecule has 0 radical (unpaired) electrons. The second-order valence-electron chi connectivity index (χ2n) is 7.36. The summed E-state index contributed by atoms with van der Waals surface area (Å²) in [5.74, 6) is -1.47. The van der Waals surface area contributed by atoms with Crippen LogP contribution < -0.4 is 10.2 Å². The summed E-state index contributed by atoms with van der Waals surface area (Å²) in [6, 6.07) is 18.6. The highest BCUT2D eigenvalue weighted by molar-refractivity contribution is 6.20. The molecular weight excluding hydrogens is 409 g/mol. The normalized spacial score (nSPS) is 15.8. The van der Waals surface area contributed by atoms with Crippen LogP contribution in [-0.2, 0) is 4.79 Å². The van der Waals surface area contributed by atoms with E-state index in [0.29, 0.717) is 11.3 Å². The second kappa shape index (κ2) is 7.73. The van der Waals surface area contributed by atoms with E-state index in [2.05, 4.69) is 15.3 Å². The number of halogens is 1. The Morgan fingerprint density at radius 2 is 1.78 bits per heavy atom. The fourth-order valence-electron chi connectivity index (χ4n) is 3.74. The summed E-state index contributed by atoms with van der Waals surface area (Å²) < 4.78 is 16.5. The Bertz CT molecular complexity index is 1390. The van der Waals surface area contributed by atoms with Crippen LogP contribution in [0.4, 0.5) is 10.1 Å². The highest BCUT2D eigenvalue weighted by Gasteiger charge is 2.32. The lowest BCUT2D eigenvalue weighted by Gasteiger charge is -2.20. The van der Waals surface area contributed by atoms with E-state index >= 15 is 0 Å². The van der Waals surface area contributed by atoms with E-state index < -0.39 is 23.8 Å². The second-order valence-corrected chi connectivity index (χ2v) is 7.36. The van der Waals surface area contributed by atoms with Gasteiger partial charge in [0.05, 0.1) is 17.7 Å². The average molecular weight is 427 g/mol. The molecule has 0 bridgehead atoms. The van der Waals surface area contributed by atoms with Gasteiger partial charge in [0, 0.05) is 29.9 Å². The SMILES string of the molecule is CN1C(=O)C(NC(=O)c2cc3cccn3cn2)N=C(c2ccccc2F)c2ccccc21. The third-order valence-corrected chi connectivity index (χ3v) is 5.39. The van der Waals surface area contributed by atoms with Crippen LogP contribution in [0.3, 0.4) is 0 Å². The van der Waals surface area contributed by atoms with Crippen LogP contribution in [-0.4, -0.2) is 40.1 Å². The number of nitrogens with zero attached hydrogens (tertiary/aromatic N) is 4. The number of carbonyl (C=O) groups is 2. The standard InChI is InChI=1S/C24H18FN5O2/c1-29-20-11-5-3-9-17(20)21(16-8-2-4-10-18(16)25)27-22(24(29)32)28-23(31)19-13-15-7-6-12-30(15)14-26-19/h2-14,22H,1H3,(H,28,31). The number of hydrogen-bond donors (Lipinski definition) is 1. The van der Waals surface area contributed by atoms with Gasteiger partial charge in [-0.2, -0.15) is 0 Å². The van der Waals surface area contributed by atoms with Gasteiger partial charge in [0.25, 0.3) is 11.8 Å². The molecule has 5 rings (SSSR count). The van der Waals surface area contributed by atoms with Crippen LogP contribution in [0.1, 0.15) is 21.6 Å². The molecule has 1 aliphatic rings. The largest absolute Gasteiger partial charge is 0.321 e. The molecule has 0 aliphatic carbocycles. The van der Waals surface area contributed by atoms with Gasteiger partial charge < -0.3 is 14.6 Å². The van der Waals surface area contributed by atoms with E-state index in [-0.39, 0.29) is 17.0 Å². The van der Waals surface area contributed by atoms with Gasteiger partial charge in [-0.25, -0.2) is 14.4 Å². The average Bonchev–Trinajstić information content (AvgIpc) is 3.26. The first kappa shape index (κ1) is 19.6. The molecule has 2 aromatic carbocycles. The number of aromatic nitrogens is 2. The fourth-order valence-corrected chi connectivity index (χ4v) is 3.74. The van der Waals surface area contributed by atoms with Gasteiger partial charge in [0.15, 0.2) is 0 Å². The van der Waals surface area contributed by atoms with Crippen molar-refractivity contribution in [3.63, 3.8) is 0 Å². The minimum atomic E-state index is -1.25. The summed E-state index contributed by atoms with van der Waals surface area (Å²) >= 11 is 0. The molecule has 7 nitrogen and oxygen atoms in total. The molecule has 8 heteroatoms. The fraction of sp³-hybridized carbons (Fsp3) is 0.0833. The van der Waals surface area contributed by atoms with Gasteiger partial charge in [0.2, 0.25) is 6.17 Å². The van der Waals surface area contributed by atoms with Crippen LogP contribution in [0.25, 0.3) is 5.52 Å². The van der Waals surface area contributed by atoms with Gasteiger partial charge in [-0.1, -0.05) is 30.3 Å². The first-order valence-corrected chi connectivity index (χ1v) is 9.96. The molecule has 32 heavy (non-hydrogen) atoms. The summed E-state index contributed by atoms with van der Waals surface area (Å²) in [6.07, 6.45) is 2.09. The predicted octanol–water partition coefficient (Wildman–Crippen LogP) is 3.04. The Hall–Kier alpha value is -4.33. The first-order chi connectivity index (χ1) is 15.5. The van der Waals surface area contributed by atoms with Crippen molar-refractivity contribution in [2.45, 2.75) is 6.17 Å². The van der Waals surface area contributed by atoms with Crippen molar-refractivity contribution in [2.24, 2.45) is 4.99 Å². The summed E-state index contributed by atoms with van der Waals surface area (Å²) in [5.41, 5.74) is 2.64. The number of hydrogen-bond acceptors (Lipinski definition) is 4. The van der Waals surface area contributed by atoms with Crippen molar-refractivity contribution in [1.29, 1.82) is 0 Å². The van der Waals surface area contributed by atoms with Crippen LogP contribution in [0, 0.1) is 5.82 Å². The first-order valence-electron chi connectivity index (χ1n) is 9.96. The maximum absolute atomic E-state index is 14.7. The third kappa shape index (κ3) is 3.31. The van der Waals surface area contributed by atoms with Gasteiger partial charge in [-0.15, -0.1) is 0 Å². The zero-order valence-electron chi connectivity index (χ0n) is 17.1. The Balaban J connectivity index is 1.58. The van der Waals surface area contributed by atoms with Gasteiger partial charge in [0.1, 0.15) is 11.5 Å². The summed E-state index contributed by atoms with van der Waals surface area (Å²) in [7, 11) is 1.60. The molecule has 3 heterocycles. The molecule has 1 unspecified atom stereocenters. The van der Waals surface area contributed by atoms with Crippen molar-refractivity contribution in [2.75, 3.05) is 11.9 Å². The Labute approximate surface area is 182 Å². The minimum absolute atomic E-state index is 0.149. The number of benzene rings is 2. The number of likely N-dealkylation sites (N-methyl/N-ethyl adjacent to an activating group) is 1. The zero-order chi connectivity index (χ0) is 22.2. The molecule has 0 saturated heterocycles. The van der Waals surface area contributed by atoms with Crippen LogP contribution in [0.2, 0.25) is 0 Å². The van der Waals surface area contributed by atoms with Crippen molar-refractivity contribution in [1.82, 2.24) is 14.7 Å². The quantitative estimate of drug-likeness (QED) is 0.546. The summed E-state index contributed by atoms with van der Waals surface area (Å²) in [5, 5.41) is 2.65. The lowest BCUT2D eigenvalue weighted by atomic mass is 10.00. The van der Waals surface area contributed by atoms with Crippen LogP contribution in [0.5, 0.6) is 0 Å². The zero-order valence-corrected chi connectivity index (χ0v) is 17.1. The van der Waals surface area contributed by atoms with E-state index in [1.807, 2.05) is 18.3 Å². The number of para-hydroxylation sites is 1. The number of fused-ring (bicyclic) bond motifs is 2. The topological polar surface area (TPSA) is 79.1 Å². The molecule has 4 aromatic rings. The molecule has 2 amide bonds. The maximum Gasteiger partial charge on any atom is 0.272 e. The Morgan fingerprint density at radius 1 is 1.03 bits per heavy atom. The predicted molar refractivity (Wildman–Crippen MR) is 118 cm³/mol. The molecule has 1 atom stereocenters. The smallest absolute Gasteiger partial charge is 0.272 e. The highest BCUT2D eigenvalue weighted by Crippen LogP contribution is 2.28. The molecule has 2 aromatic heterocycles. The molecule has 1 aliphatic heterocycles. The number of rotatable bonds is 3. The number of nitrogens with one attached hydrogen (secondary N) is 1. The van der Waals surface area contributed by atoms with Crippen molar-refractivity contribution in [3.8, 4) is 0 Å². The molecule has 0 fully saturated rings. The number of benzodiazepines with no additional fused rings is 1. The highest BCUT2D eigenvalue weighted by atomic mass is 19.1. The van der Waals surface area contributed by atoms with E-state index in [1.54, 1.807) is 60.0 Å². The lowest BCUT2D eigenvalue weighted by Crippen LogP contribution is -2.46. The number of amides is 2. The minimum Gasteiger partial charge on any atom is -0.321 e. The van der Waals surface area contributed by atoms with E-state index in [1.165, 1.54) is 17.3 Å². The van der Waals surface area contributed by atoms with Crippen molar-refractivity contribution >= 4 is 28.7 Å². The number of aliphatic imine (C=N–C) groups is 1. The summed E-state index contributed by atoms with van der Waals surface area (Å²) in [6.45, 7) is 0. The van der Waals surface area contributed by atoms with Crippen molar-refractivity contribution in [3.05, 3.63) is 102 Å². The van der Waals surface area contributed by atoms with E-state index in [4.69, 9.17) is 0 Å². The maximum atomic E-state index is 14.7. The summed E-state index contributed by atoms with van der Waals surface area (Å²) in [4.78, 5) is 36.2. The van der Waals surface area contributed by atoms with Gasteiger partial charge in [-0.3, -0.25) is 9.59 Å². The van der Waals surface area contributed by atoms with E-state index in [0.717, 1.165) is 5.52 Å². The monoisotopic (exact) mass is 427 g/mol. The molecule has 1 N–H and O–H groups in total. The molecule has 158 valence electrons. The van der Waals surface area contributed by atoms with Crippen LogP contribution >= 0.6 is 0 Å². The van der Waals surface area contributed by atoms with E-state index in [9.17, 15) is 14.0 Å². The van der Waals surface area contributed by atoms with Crippen LogP contribution in [0.15, 0.2) is 84.2 Å². The molecular formula is C24H18FN5O2. The Kier molecular flexibility index (Phi) is 4.74. The lowest BCUT2D eigenvalue weighted by molar-refractivity contribution is -0.119. The molecule has 0 spiro atoms. The third-order valence-electron chi connectivity index (χ3n) is 5.39. The number of carbonyl (C=O) groups excluding carboxylic acids is 2. The Morgan fingerprint density at radius 3 is 2.59 bits per heavy atom. The van der Waals surface area contributed by atoms with Gasteiger partial charge in [-0.05, 0) is 36.4 Å².